The van der Waals surface area contributed by atoms with Crippen LogP contribution in [0.5, 0.6) is 0 Å². The number of benzene rings is 1. The molecular weight excluding hydrogens is 220 g/mol. The summed E-state index contributed by atoms with van der Waals surface area (Å²) in [5, 5.41) is 4.26. The van der Waals surface area contributed by atoms with Crippen LogP contribution in [0.4, 0.5) is 0 Å². The Morgan fingerprint density at radius 2 is 2.00 bits per heavy atom. The minimum atomic E-state index is 0.362. The second-order valence-corrected chi connectivity index (χ2v) is 5.03. The van der Waals surface area contributed by atoms with Gasteiger partial charge in [0.2, 0.25) is 0 Å². The van der Waals surface area contributed by atoms with Crippen LogP contribution in [0.2, 0.25) is 5.02 Å². The third-order valence-corrected chi connectivity index (χ3v) is 2.81. The summed E-state index contributed by atoms with van der Waals surface area (Å²) in [5.41, 5.74) is 1.26. The van der Waals surface area contributed by atoms with Crippen molar-refractivity contribution in [3.8, 4) is 0 Å². The molecule has 3 heteroatoms. The monoisotopic (exact) mass is 240 g/mol. The Labute approximate surface area is 104 Å². The molecule has 1 aromatic rings. The molecule has 0 heterocycles. The van der Waals surface area contributed by atoms with Gasteiger partial charge in [-0.3, -0.25) is 0 Å². The van der Waals surface area contributed by atoms with Gasteiger partial charge >= 0.3 is 0 Å². The first kappa shape index (κ1) is 13.5. The lowest BCUT2D eigenvalue weighted by atomic mass is 10.1. The second kappa shape index (κ2) is 6.24. The van der Waals surface area contributed by atoms with E-state index in [-0.39, 0.29) is 0 Å². The number of rotatable bonds is 5. The number of halogens is 1. The van der Waals surface area contributed by atoms with Crippen LogP contribution < -0.4 is 5.32 Å². The maximum atomic E-state index is 6.02. The fourth-order valence-electron chi connectivity index (χ4n) is 1.66. The van der Waals surface area contributed by atoms with E-state index in [9.17, 15) is 0 Å². The molecule has 0 aliphatic heterocycles. The van der Waals surface area contributed by atoms with Crippen LogP contribution in [-0.2, 0) is 0 Å². The highest BCUT2D eigenvalue weighted by Crippen LogP contribution is 2.20. The lowest BCUT2D eigenvalue weighted by molar-refractivity contribution is 0.283. The summed E-state index contributed by atoms with van der Waals surface area (Å²) < 4.78 is 0. The van der Waals surface area contributed by atoms with Gasteiger partial charge in [-0.05, 0) is 31.8 Å². The van der Waals surface area contributed by atoms with Gasteiger partial charge in [-0.25, -0.2) is 0 Å². The van der Waals surface area contributed by atoms with Gasteiger partial charge in [0.1, 0.15) is 0 Å². The van der Waals surface area contributed by atoms with E-state index in [1.165, 1.54) is 5.56 Å². The Hall–Kier alpha value is -0.570. The van der Waals surface area contributed by atoms with E-state index in [1.807, 2.05) is 18.2 Å². The topological polar surface area (TPSA) is 15.3 Å². The minimum absolute atomic E-state index is 0.362. The zero-order chi connectivity index (χ0) is 12.1. The third kappa shape index (κ3) is 4.12. The van der Waals surface area contributed by atoms with Crippen molar-refractivity contribution in [2.45, 2.75) is 25.9 Å². The van der Waals surface area contributed by atoms with Crippen molar-refractivity contribution < 1.29 is 0 Å². The van der Waals surface area contributed by atoms with E-state index >= 15 is 0 Å². The molecule has 1 aromatic carbocycles. The summed E-state index contributed by atoms with van der Waals surface area (Å²) in [6, 6.07) is 8.94. The standard InChI is InChI=1S/C13H21ClN2/c1-10(2)15-9-13(16(3)4)11-6-5-7-12(14)8-11/h5-8,10,13,15H,9H2,1-4H3. The highest BCUT2D eigenvalue weighted by atomic mass is 35.5. The van der Waals surface area contributed by atoms with Crippen LogP contribution in [0.25, 0.3) is 0 Å². The molecular formula is C13H21ClN2. The van der Waals surface area contributed by atoms with Crippen molar-refractivity contribution in [1.29, 1.82) is 0 Å². The first-order valence-corrected chi connectivity index (χ1v) is 6.03. The van der Waals surface area contributed by atoms with Crippen LogP contribution in [-0.4, -0.2) is 31.6 Å². The molecule has 0 spiro atoms. The smallest absolute Gasteiger partial charge is 0.0467 e. The van der Waals surface area contributed by atoms with Crippen LogP contribution in [0.1, 0.15) is 25.5 Å². The first-order valence-electron chi connectivity index (χ1n) is 5.66. The molecule has 0 aliphatic rings. The van der Waals surface area contributed by atoms with Gasteiger partial charge in [0.25, 0.3) is 0 Å². The number of nitrogens with one attached hydrogen (secondary N) is 1. The summed E-state index contributed by atoms with van der Waals surface area (Å²) in [5.74, 6) is 0. The fourth-order valence-corrected chi connectivity index (χ4v) is 1.86. The molecule has 0 aliphatic carbocycles. The van der Waals surface area contributed by atoms with E-state index < -0.39 is 0 Å². The van der Waals surface area contributed by atoms with Crippen LogP contribution >= 0.6 is 11.6 Å². The number of likely N-dealkylation sites (N-methyl/N-ethyl adjacent to an activating group) is 1. The van der Waals surface area contributed by atoms with Crippen molar-refractivity contribution in [1.82, 2.24) is 10.2 Å². The number of nitrogens with zero attached hydrogens (tertiary/aromatic N) is 1. The van der Waals surface area contributed by atoms with Crippen molar-refractivity contribution in [3.63, 3.8) is 0 Å². The van der Waals surface area contributed by atoms with Crippen molar-refractivity contribution in [2.24, 2.45) is 0 Å². The Balaban J connectivity index is 2.77. The van der Waals surface area contributed by atoms with E-state index in [2.05, 4.69) is 44.2 Å². The molecule has 2 nitrogen and oxygen atoms in total. The zero-order valence-electron chi connectivity index (χ0n) is 10.5. The SMILES string of the molecule is CC(C)NCC(c1cccc(Cl)c1)N(C)C. The molecule has 0 fully saturated rings. The predicted octanol–water partition coefficient (Wildman–Crippen LogP) is 2.94. The molecule has 16 heavy (non-hydrogen) atoms. The van der Waals surface area contributed by atoms with E-state index in [4.69, 9.17) is 11.6 Å². The summed E-state index contributed by atoms with van der Waals surface area (Å²) >= 11 is 6.02. The quantitative estimate of drug-likeness (QED) is 0.852. The summed E-state index contributed by atoms with van der Waals surface area (Å²) in [6.07, 6.45) is 0. The molecule has 0 bridgehead atoms. The van der Waals surface area contributed by atoms with Gasteiger partial charge in [-0.2, -0.15) is 0 Å². The van der Waals surface area contributed by atoms with Crippen molar-refractivity contribution in [2.75, 3.05) is 20.6 Å². The van der Waals surface area contributed by atoms with Gasteiger partial charge in [-0.15, -0.1) is 0 Å². The second-order valence-electron chi connectivity index (χ2n) is 4.60. The largest absolute Gasteiger partial charge is 0.313 e. The maximum absolute atomic E-state index is 6.02. The highest BCUT2D eigenvalue weighted by molar-refractivity contribution is 6.30. The van der Waals surface area contributed by atoms with Crippen LogP contribution in [0.15, 0.2) is 24.3 Å². The molecule has 0 amide bonds. The van der Waals surface area contributed by atoms with Crippen LogP contribution in [0.3, 0.4) is 0 Å². The van der Waals surface area contributed by atoms with Gasteiger partial charge in [0.15, 0.2) is 0 Å². The van der Waals surface area contributed by atoms with Crippen LogP contribution in [0, 0.1) is 0 Å². The summed E-state index contributed by atoms with van der Waals surface area (Å²) in [4.78, 5) is 2.21. The Kier molecular flexibility index (Phi) is 5.26. The predicted molar refractivity (Wildman–Crippen MR) is 71.0 cm³/mol. The first-order chi connectivity index (χ1) is 7.50. The van der Waals surface area contributed by atoms with Gasteiger partial charge < -0.3 is 10.2 Å². The lowest BCUT2D eigenvalue weighted by Gasteiger charge is -2.26. The van der Waals surface area contributed by atoms with Gasteiger partial charge in [0, 0.05) is 23.7 Å². The molecule has 0 saturated carbocycles. The number of hydrogen-bond donors (Lipinski definition) is 1. The lowest BCUT2D eigenvalue weighted by Crippen LogP contribution is -2.34. The molecule has 0 aromatic heterocycles. The Morgan fingerprint density at radius 1 is 1.31 bits per heavy atom. The molecule has 1 unspecified atom stereocenters. The molecule has 1 N–H and O–H groups in total. The average Bonchev–Trinajstić information content (AvgIpc) is 2.17. The number of hydrogen-bond acceptors (Lipinski definition) is 2. The summed E-state index contributed by atoms with van der Waals surface area (Å²) in [7, 11) is 4.18. The third-order valence-electron chi connectivity index (χ3n) is 2.58. The molecule has 1 rings (SSSR count). The van der Waals surface area contributed by atoms with Gasteiger partial charge in [-0.1, -0.05) is 37.6 Å². The summed E-state index contributed by atoms with van der Waals surface area (Å²) in [6.45, 7) is 5.25. The fraction of sp³-hybridized carbons (Fsp3) is 0.538. The normalized spacial score (nSPS) is 13.4. The zero-order valence-corrected chi connectivity index (χ0v) is 11.3. The van der Waals surface area contributed by atoms with E-state index in [1.54, 1.807) is 0 Å². The molecule has 1 atom stereocenters. The minimum Gasteiger partial charge on any atom is -0.313 e. The van der Waals surface area contributed by atoms with Gasteiger partial charge in [0.05, 0.1) is 0 Å². The Bertz CT molecular complexity index is 323. The van der Waals surface area contributed by atoms with E-state index in [0.717, 1.165) is 11.6 Å². The average molecular weight is 241 g/mol. The van der Waals surface area contributed by atoms with Crippen molar-refractivity contribution in [3.05, 3.63) is 34.9 Å². The Morgan fingerprint density at radius 3 is 2.50 bits per heavy atom. The van der Waals surface area contributed by atoms with Crippen molar-refractivity contribution >= 4 is 11.6 Å². The maximum Gasteiger partial charge on any atom is 0.0467 e. The van der Waals surface area contributed by atoms with E-state index in [0.29, 0.717) is 12.1 Å². The molecule has 90 valence electrons. The molecule has 0 radical (unpaired) electrons. The highest BCUT2D eigenvalue weighted by Gasteiger charge is 2.14. The molecule has 0 saturated heterocycles.